The summed E-state index contributed by atoms with van der Waals surface area (Å²) in [6.07, 6.45) is -14.4. The summed E-state index contributed by atoms with van der Waals surface area (Å²) in [7, 11) is 0. The van der Waals surface area contributed by atoms with Gasteiger partial charge >= 0.3 is 70.7 Å². The van der Waals surface area contributed by atoms with Crippen molar-refractivity contribution < 1.29 is 125 Å². The van der Waals surface area contributed by atoms with E-state index in [0.717, 1.165) is 0 Å². The lowest BCUT2D eigenvalue weighted by Crippen LogP contribution is -2.72. The number of hydrogen-bond acceptors (Lipinski definition) is 3. The van der Waals surface area contributed by atoms with Crippen LogP contribution in [0.4, 0.5) is 110 Å². The molecule has 0 aromatic carbocycles. The van der Waals surface area contributed by atoms with Crippen LogP contribution in [0.1, 0.15) is 6.42 Å². The van der Waals surface area contributed by atoms with Crippen LogP contribution in [0.2, 0.25) is 0 Å². The van der Waals surface area contributed by atoms with Crippen LogP contribution in [0.5, 0.6) is 0 Å². The summed E-state index contributed by atoms with van der Waals surface area (Å²) in [5.41, 5.74) is -26.4. The van der Waals surface area contributed by atoms with Gasteiger partial charge in [-0.3, -0.25) is 5.26 Å². The molecule has 4 rings (SSSR count). The summed E-state index contributed by atoms with van der Waals surface area (Å²) < 4.78 is 337. The van der Waals surface area contributed by atoms with E-state index < -0.39 is 118 Å². The van der Waals surface area contributed by atoms with Crippen LogP contribution in [0.25, 0.3) is 0 Å². The molecule has 0 heterocycles. The second-order valence-corrected chi connectivity index (χ2v) is 11.2. The van der Waals surface area contributed by atoms with Crippen molar-refractivity contribution in [2.24, 2.45) is 11.8 Å². The van der Waals surface area contributed by atoms with Crippen molar-refractivity contribution in [3.05, 3.63) is 24.6 Å². The number of alkyl halides is 22. The molecule has 2 N–H and O–H groups in total. The average molecular weight is 798 g/mol. The molecule has 0 aliphatic heterocycles. The van der Waals surface area contributed by atoms with Gasteiger partial charge in [-0.1, -0.05) is 6.08 Å². The van der Waals surface area contributed by atoms with Gasteiger partial charge in [0.25, 0.3) is 11.3 Å². The SMILES string of the molecule is C=CCC(C(OO)C1C(F)(F)C2(F)C(F)(F)C(F)(F)C1(F)C2(F)F)C(F)(F)C(F)=C(F)F.OC1C(F)(F)C2(F)C(F)(F)C(F)(F)C1(F)C2(F)F. The van der Waals surface area contributed by atoms with Gasteiger partial charge in [-0.15, -0.1) is 6.58 Å². The summed E-state index contributed by atoms with van der Waals surface area (Å²) in [5, 5.41) is 17.1. The monoisotopic (exact) mass is 798 g/mol. The second kappa shape index (κ2) is 10.4. The van der Waals surface area contributed by atoms with Gasteiger partial charge in [0.2, 0.25) is 5.83 Å². The van der Waals surface area contributed by atoms with Crippen molar-refractivity contribution in [3.63, 3.8) is 0 Å². The van der Waals surface area contributed by atoms with E-state index in [4.69, 9.17) is 10.4 Å². The molecule has 0 spiro atoms. The molecule has 0 radical (unpaired) electrons. The fraction of sp³-hybridized carbons (Fsp3) is 0.818. The Morgan fingerprint density at radius 2 is 0.980 bits per heavy atom. The van der Waals surface area contributed by atoms with Crippen molar-refractivity contribution >= 4 is 0 Å². The molecule has 50 heavy (non-hydrogen) atoms. The van der Waals surface area contributed by atoms with E-state index in [1.165, 1.54) is 0 Å². The van der Waals surface area contributed by atoms with E-state index in [1.807, 2.05) is 0 Å². The minimum Gasteiger partial charge on any atom is -0.383 e. The van der Waals surface area contributed by atoms with Crippen molar-refractivity contribution in [1.29, 1.82) is 0 Å². The first-order chi connectivity index (χ1) is 21.8. The number of aliphatic hydroxyl groups excluding tert-OH is 1. The zero-order valence-electron chi connectivity index (χ0n) is 22.6. The van der Waals surface area contributed by atoms with Crippen molar-refractivity contribution in [2.75, 3.05) is 0 Å². The van der Waals surface area contributed by atoms with Gasteiger partial charge in [0.15, 0.2) is 6.10 Å². The van der Waals surface area contributed by atoms with Crippen molar-refractivity contribution in [1.82, 2.24) is 0 Å². The molecule has 8 atom stereocenters. The summed E-state index contributed by atoms with van der Waals surface area (Å²) in [4.78, 5) is 2.96. The van der Waals surface area contributed by atoms with Gasteiger partial charge in [-0.2, -0.15) is 83.4 Å². The van der Waals surface area contributed by atoms with Gasteiger partial charge < -0.3 is 5.11 Å². The first-order valence-electron chi connectivity index (χ1n) is 12.2. The second-order valence-electron chi connectivity index (χ2n) is 11.2. The third-order valence-corrected chi connectivity index (χ3v) is 9.00. The molecule has 4 aliphatic carbocycles. The molecular formula is C22H11F25O3. The molecule has 292 valence electrons. The molecule has 0 amide bonds. The standard InChI is InChI=1S/C15H9F15O2.C7H2F10O/c1-2-3-4(9(19,20)7(16)8(17)18)5(32-31)6-10(21)13(25,26)12(24,11(6,22)23)15(29,30)14(10,27)28;8-2-1(18)3(9,10)4(11,5(2,12)13)7(16,17)6(2,14)15/h2,4-6,31H,1,3H2;1,18H. The molecule has 0 aromatic rings. The van der Waals surface area contributed by atoms with Crippen LogP contribution in [0.15, 0.2) is 24.6 Å². The highest BCUT2D eigenvalue weighted by Gasteiger charge is 3.13. The molecule has 4 fully saturated rings. The lowest BCUT2D eigenvalue weighted by Gasteiger charge is -2.46. The van der Waals surface area contributed by atoms with Gasteiger partial charge in [0.1, 0.15) is 12.0 Å². The fourth-order valence-corrected chi connectivity index (χ4v) is 6.41. The largest absolute Gasteiger partial charge is 0.383 e. The van der Waals surface area contributed by atoms with Crippen LogP contribution >= 0.6 is 0 Å². The van der Waals surface area contributed by atoms with E-state index in [9.17, 15) is 110 Å². The first-order valence-corrected chi connectivity index (χ1v) is 12.2. The number of aliphatic hydroxyl groups is 1. The van der Waals surface area contributed by atoms with Crippen molar-refractivity contribution in [2.45, 2.75) is 94.6 Å². The van der Waals surface area contributed by atoms with Crippen LogP contribution in [-0.2, 0) is 4.89 Å². The maximum atomic E-state index is 14.9. The number of hydrogen-bond donors (Lipinski definition) is 2. The quantitative estimate of drug-likeness (QED) is 0.117. The minimum absolute atomic E-state index is 0.139. The zero-order valence-corrected chi connectivity index (χ0v) is 22.6. The Morgan fingerprint density at radius 1 is 0.620 bits per heavy atom. The minimum atomic E-state index is -7.13. The lowest BCUT2D eigenvalue weighted by atomic mass is 9.70. The molecule has 0 aromatic heterocycles. The smallest absolute Gasteiger partial charge is 0.359 e. The number of rotatable bonds is 7. The van der Waals surface area contributed by atoms with Gasteiger partial charge in [0, 0.05) is 0 Å². The Morgan fingerprint density at radius 3 is 1.28 bits per heavy atom. The highest BCUT2D eigenvalue weighted by Crippen LogP contribution is 2.82. The Labute approximate surface area is 257 Å². The Hall–Kier alpha value is -2.39. The summed E-state index contributed by atoms with van der Waals surface area (Å²) in [6, 6.07) is 0. The van der Waals surface area contributed by atoms with Crippen LogP contribution < -0.4 is 0 Å². The van der Waals surface area contributed by atoms with Crippen LogP contribution in [0.3, 0.4) is 0 Å². The molecular weight excluding hydrogens is 787 g/mol. The molecule has 4 bridgehead atoms. The average Bonchev–Trinajstić information content (AvgIpc) is 3.19. The molecule has 4 aliphatic rings. The summed E-state index contributed by atoms with van der Waals surface area (Å²) in [5.74, 6) is -72.1. The molecule has 0 saturated heterocycles. The molecule has 4 saturated carbocycles. The third-order valence-electron chi connectivity index (χ3n) is 9.00. The van der Waals surface area contributed by atoms with E-state index in [2.05, 4.69) is 11.5 Å². The Balaban J connectivity index is 0.000000316. The first kappa shape index (κ1) is 42.0. The Kier molecular flexibility index (Phi) is 8.73. The maximum absolute atomic E-state index is 14.9. The predicted octanol–water partition coefficient (Wildman–Crippen LogP) is 8.68. The van der Waals surface area contributed by atoms with Crippen LogP contribution in [0, 0.1) is 11.8 Å². The fourth-order valence-electron chi connectivity index (χ4n) is 6.41. The van der Waals surface area contributed by atoms with Gasteiger partial charge in [-0.25, -0.2) is 31.2 Å². The van der Waals surface area contributed by atoms with Crippen molar-refractivity contribution in [3.8, 4) is 0 Å². The van der Waals surface area contributed by atoms with Gasteiger partial charge in [-0.05, 0) is 6.42 Å². The maximum Gasteiger partial charge on any atom is 0.359 e. The zero-order chi connectivity index (χ0) is 40.1. The summed E-state index contributed by atoms with van der Waals surface area (Å²) in [6.45, 7) is 2.69. The van der Waals surface area contributed by atoms with E-state index in [0.29, 0.717) is 0 Å². The van der Waals surface area contributed by atoms with E-state index in [-0.39, 0.29) is 6.08 Å². The molecule has 8 unspecified atom stereocenters. The number of halogens is 25. The topological polar surface area (TPSA) is 49.7 Å². The Bertz CT molecular complexity index is 1440. The number of fused-ring (bicyclic) bond motifs is 4. The molecule has 3 nitrogen and oxygen atoms in total. The van der Waals surface area contributed by atoms with E-state index in [1.54, 1.807) is 0 Å². The number of allylic oxidation sites excluding steroid dienone is 2. The summed E-state index contributed by atoms with van der Waals surface area (Å²) >= 11 is 0. The van der Waals surface area contributed by atoms with E-state index >= 15 is 0 Å². The van der Waals surface area contributed by atoms with Gasteiger partial charge in [0.05, 0.1) is 5.92 Å². The molecule has 28 heteroatoms. The van der Waals surface area contributed by atoms with Crippen LogP contribution in [-0.4, -0.2) is 98.5 Å². The predicted molar refractivity (Wildman–Crippen MR) is 106 cm³/mol. The highest BCUT2D eigenvalue weighted by molar-refractivity contribution is 5.44. The third kappa shape index (κ3) is 3.61. The highest BCUT2D eigenvalue weighted by atomic mass is 19.4. The lowest BCUT2D eigenvalue weighted by molar-refractivity contribution is -0.394. The normalized spacial score (nSPS) is 41.2.